The topological polar surface area (TPSA) is 108 Å². The van der Waals surface area contributed by atoms with E-state index in [0.717, 1.165) is 5.56 Å². The number of amides is 3. The van der Waals surface area contributed by atoms with Crippen LogP contribution in [-0.4, -0.2) is 58.6 Å². The number of anilines is 1. The van der Waals surface area contributed by atoms with E-state index in [1.807, 2.05) is 25.3 Å². The van der Waals surface area contributed by atoms with Crippen molar-refractivity contribution in [1.82, 2.24) is 10.2 Å². The van der Waals surface area contributed by atoms with Crippen molar-refractivity contribution in [2.45, 2.75) is 58.7 Å². The summed E-state index contributed by atoms with van der Waals surface area (Å²) in [4.78, 5) is 41.0. The number of phenols is 1. The molecule has 2 atom stereocenters. The molecule has 196 valence electrons. The van der Waals surface area contributed by atoms with Crippen LogP contribution in [0.1, 0.15) is 49.9 Å². The maximum absolute atomic E-state index is 13.7. The molecular weight excluding hydrogens is 478 g/mol. The van der Waals surface area contributed by atoms with Crippen LogP contribution in [0.15, 0.2) is 42.5 Å². The molecule has 0 radical (unpaired) electrons. The van der Waals surface area contributed by atoms with Gasteiger partial charge in [-0.1, -0.05) is 36.4 Å². The molecule has 0 bridgehead atoms. The maximum Gasteiger partial charge on any atom is 0.408 e. The SMILES string of the molecule is CSCCC(NC(=O)OC(C)(C)C)C(=O)N(C)C(C(=O)Nc1ccccc1C)c1cccc(C)c1O. The van der Waals surface area contributed by atoms with Gasteiger partial charge < -0.3 is 25.4 Å². The van der Waals surface area contributed by atoms with Gasteiger partial charge in [-0.25, -0.2) is 4.79 Å². The zero-order valence-corrected chi connectivity index (χ0v) is 22.9. The highest BCUT2D eigenvalue weighted by molar-refractivity contribution is 7.98. The van der Waals surface area contributed by atoms with Gasteiger partial charge in [-0.05, 0) is 70.2 Å². The Kier molecular flexibility index (Phi) is 10.2. The number of ether oxygens (including phenoxy) is 1. The van der Waals surface area contributed by atoms with Gasteiger partial charge in [0.2, 0.25) is 5.91 Å². The first kappa shape index (κ1) is 29.0. The number of carbonyl (C=O) groups is 3. The Labute approximate surface area is 217 Å². The summed E-state index contributed by atoms with van der Waals surface area (Å²) in [6.45, 7) is 8.81. The minimum atomic E-state index is -1.14. The Morgan fingerprint density at radius 1 is 1.06 bits per heavy atom. The van der Waals surface area contributed by atoms with Crippen molar-refractivity contribution in [2.24, 2.45) is 0 Å². The maximum atomic E-state index is 13.7. The quantitative estimate of drug-likeness (QED) is 0.443. The molecule has 3 amide bonds. The lowest BCUT2D eigenvalue weighted by atomic mass is 9.99. The van der Waals surface area contributed by atoms with Crippen LogP contribution >= 0.6 is 11.8 Å². The zero-order chi connectivity index (χ0) is 27.0. The summed E-state index contributed by atoms with van der Waals surface area (Å²) >= 11 is 1.54. The molecule has 2 rings (SSSR count). The highest BCUT2D eigenvalue weighted by Gasteiger charge is 2.35. The van der Waals surface area contributed by atoms with Crippen molar-refractivity contribution in [2.75, 3.05) is 24.4 Å². The summed E-state index contributed by atoms with van der Waals surface area (Å²) in [5.74, 6) is -0.416. The van der Waals surface area contributed by atoms with Crippen LogP contribution in [0.3, 0.4) is 0 Å². The van der Waals surface area contributed by atoms with Crippen LogP contribution < -0.4 is 10.6 Å². The first-order valence-electron chi connectivity index (χ1n) is 11.8. The van der Waals surface area contributed by atoms with E-state index >= 15 is 0 Å². The largest absolute Gasteiger partial charge is 0.507 e. The molecule has 0 saturated carbocycles. The molecule has 9 heteroatoms. The summed E-state index contributed by atoms with van der Waals surface area (Å²) < 4.78 is 5.35. The van der Waals surface area contributed by atoms with Gasteiger partial charge in [0.25, 0.3) is 5.91 Å². The Hall–Kier alpha value is -3.20. The van der Waals surface area contributed by atoms with E-state index < -0.39 is 35.6 Å². The van der Waals surface area contributed by atoms with Crippen LogP contribution in [0.2, 0.25) is 0 Å². The molecule has 3 N–H and O–H groups in total. The Morgan fingerprint density at radius 3 is 2.31 bits per heavy atom. The number of thioether (sulfide) groups is 1. The van der Waals surface area contributed by atoms with E-state index in [4.69, 9.17) is 4.74 Å². The summed E-state index contributed by atoms with van der Waals surface area (Å²) in [7, 11) is 1.50. The van der Waals surface area contributed by atoms with E-state index in [-0.39, 0.29) is 11.3 Å². The summed E-state index contributed by atoms with van der Waals surface area (Å²) in [6, 6.07) is 10.3. The molecule has 2 aromatic carbocycles. The lowest BCUT2D eigenvalue weighted by Crippen LogP contribution is -2.51. The molecule has 0 aromatic heterocycles. The van der Waals surface area contributed by atoms with Crippen LogP contribution in [0.5, 0.6) is 5.75 Å². The molecule has 0 aliphatic carbocycles. The lowest BCUT2D eigenvalue weighted by molar-refractivity contribution is -0.139. The van der Waals surface area contributed by atoms with Crippen molar-refractivity contribution < 1.29 is 24.2 Å². The van der Waals surface area contributed by atoms with Gasteiger partial charge in [0.15, 0.2) is 0 Å². The third kappa shape index (κ3) is 7.91. The number of carbonyl (C=O) groups excluding carboxylic acids is 3. The predicted molar refractivity (Wildman–Crippen MR) is 144 cm³/mol. The van der Waals surface area contributed by atoms with Crippen molar-refractivity contribution in [3.05, 3.63) is 59.2 Å². The third-order valence-corrected chi connectivity index (χ3v) is 6.19. The zero-order valence-electron chi connectivity index (χ0n) is 22.0. The molecule has 0 aliphatic rings. The van der Waals surface area contributed by atoms with Gasteiger partial charge in [-0.15, -0.1) is 0 Å². The standard InChI is InChI=1S/C27H37N3O5S/c1-17-11-8-9-14-20(17)28-24(32)22(19-13-10-12-18(2)23(19)31)30(6)25(33)21(15-16-36-7)29-26(34)35-27(3,4)5/h8-14,21-22,31H,15-16H2,1-7H3,(H,28,32)(H,29,34). The van der Waals surface area contributed by atoms with Crippen LogP contribution in [0.4, 0.5) is 10.5 Å². The van der Waals surface area contributed by atoms with E-state index in [1.165, 1.54) is 23.7 Å². The number of para-hydroxylation sites is 2. The summed E-state index contributed by atoms with van der Waals surface area (Å²) in [6.07, 6.45) is 1.53. The minimum absolute atomic E-state index is 0.0668. The van der Waals surface area contributed by atoms with Crippen molar-refractivity contribution in [3.63, 3.8) is 0 Å². The molecule has 0 heterocycles. The fourth-order valence-corrected chi connectivity index (χ4v) is 4.13. The Balaban J connectivity index is 2.43. The number of likely N-dealkylation sites (N-methyl/N-ethyl adjacent to an activating group) is 1. The third-order valence-electron chi connectivity index (χ3n) is 5.55. The molecule has 0 spiro atoms. The molecule has 8 nitrogen and oxygen atoms in total. The minimum Gasteiger partial charge on any atom is -0.507 e. The fourth-order valence-electron chi connectivity index (χ4n) is 3.66. The van der Waals surface area contributed by atoms with Gasteiger partial charge in [0, 0.05) is 18.3 Å². The van der Waals surface area contributed by atoms with Crippen LogP contribution in [0.25, 0.3) is 0 Å². The van der Waals surface area contributed by atoms with Gasteiger partial charge >= 0.3 is 6.09 Å². The average molecular weight is 516 g/mol. The van der Waals surface area contributed by atoms with Gasteiger partial charge in [-0.2, -0.15) is 11.8 Å². The van der Waals surface area contributed by atoms with E-state index in [9.17, 15) is 19.5 Å². The number of nitrogens with zero attached hydrogens (tertiary/aromatic N) is 1. The summed E-state index contributed by atoms with van der Waals surface area (Å²) in [5, 5.41) is 16.4. The highest BCUT2D eigenvalue weighted by atomic mass is 32.2. The second-order valence-corrected chi connectivity index (χ2v) is 10.6. The van der Waals surface area contributed by atoms with E-state index in [2.05, 4.69) is 10.6 Å². The summed E-state index contributed by atoms with van der Waals surface area (Å²) in [5.41, 5.74) is 1.60. The molecule has 0 aliphatic heterocycles. The molecule has 2 unspecified atom stereocenters. The molecule has 36 heavy (non-hydrogen) atoms. The number of benzene rings is 2. The van der Waals surface area contributed by atoms with Gasteiger partial charge in [0.1, 0.15) is 23.4 Å². The monoisotopic (exact) mass is 515 g/mol. The van der Waals surface area contributed by atoms with Crippen molar-refractivity contribution >= 4 is 35.4 Å². The number of alkyl carbamates (subject to hydrolysis) is 1. The average Bonchev–Trinajstić information content (AvgIpc) is 2.79. The van der Waals surface area contributed by atoms with E-state index in [0.29, 0.717) is 23.4 Å². The number of hydrogen-bond donors (Lipinski definition) is 3. The fraction of sp³-hybridized carbons (Fsp3) is 0.444. The number of nitrogens with one attached hydrogen (secondary N) is 2. The van der Waals surface area contributed by atoms with Gasteiger partial charge in [-0.3, -0.25) is 9.59 Å². The van der Waals surface area contributed by atoms with Crippen LogP contribution in [-0.2, 0) is 14.3 Å². The number of hydrogen-bond acceptors (Lipinski definition) is 6. The first-order chi connectivity index (χ1) is 16.9. The van der Waals surface area contributed by atoms with Crippen molar-refractivity contribution in [1.29, 1.82) is 0 Å². The smallest absolute Gasteiger partial charge is 0.408 e. The number of phenolic OH excluding ortho intramolecular Hbond substituents is 1. The van der Waals surface area contributed by atoms with Gasteiger partial charge in [0.05, 0.1) is 0 Å². The molecule has 0 saturated heterocycles. The predicted octanol–water partition coefficient (Wildman–Crippen LogP) is 4.79. The molecule has 2 aromatic rings. The highest BCUT2D eigenvalue weighted by Crippen LogP contribution is 2.32. The Morgan fingerprint density at radius 2 is 1.69 bits per heavy atom. The second-order valence-electron chi connectivity index (χ2n) is 9.65. The lowest BCUT2D eigenvalue weighted by Gasteiger charge is -2.32. The normalized spacial score (nSPS) is 12.9. The number of rotatable bonds is 9. The number of aryl methyl sites for hydroxylation is 2. The Bertz CT molecular complexity index is 1080. The van der Waals surface area contributed by atoms with Crippen molar-refractivity contribution in [3.8, 4) is 5.75 Å². The molecular formula is C27H37N3O5S. The first-order valence-corrected chi connectivity index (χ1v) is 13.1. The van der Waals surface area contributed by atoms with Crippen LogP contribution in [0, 0.1) is 13.8 Å². The second kappa shape index (κ2) is 12.7. The number of aromatic hydroxyl groups is 1. The molecule has 0 fully saturated rings. The van der Waals surface area contributed by atoms with E-state index in [1.54, 1.807) is 58.0 Å².